The number of carbonyl (C=O) groups excluding carboxylic acids is 2. The summed E-state index contributed by atoms with van der Waals surface area (Å²) in [4.78, 5) is 22.9. The largest absolute Gasteiger partial charge is 0.368 e. The van der Waals surface area contributed by atoms with Gasteiger partial charge in [-0.25, -0.2) is 0 Å². The third kappa shape index (κ3) is 5.55. The van der Waals surface area contributed by atoms with Gasteiger partial charge < -0.3 is 11.1 Å². The standard InChI is InChI=1S/C15H22N2O2/c1-11(2)15(19)17-13(14(16)18)10-6-9-12-7-4-3-5-8-12/h3-5,7-8,11,13H,6,9-10H2,1-2H3,(H2,16,18)(H,17,19)/t13-/m0/s1. The molecule has 0 spiro atoms. The SMILES string of the molecule is CC(C)C(=O)N[C@@H](CCCc1ccccc1)C(N)=O. The average Bonchev–Trinajstić information content (AvgIpc) is 2.38. The van der Waals surface area contributed by atoms with Gasteiger partial charge in [0.1, 0.15) is 6.04 Å². The first-order valence-electron chi connectivity index (χ1n) is 6.64. The van der Waals surface area contributed by atoms with Gasteiger partial charge in [-0.15, -0.1) is 0 Å². The van der Waals surface area contributed by atoms with Crippen molar-refractivity contribution >= 4 is 11.8 Å². The molecular formula is C15H22N2O2. The van der Waals surface area contributed by atoms with Crippen LogP contribution in [0.25, 0.3) is 0 Å². The maximum absolute atomic E-state index is 11.6. The quantitative estimate of drug-likeness (QED) is 0.784. The molecule has 0 aliphatic carbocycles. The van der Waals surface area contributed by atoms with Gasteiger partial charge in [0.2, 0.25) is 11.8 Å². The summed E-state index contributed by atoms with van der Waals surface area (Å²) in [6, 6.07) is 9.47. The van der Waals surface area contributed by atoms with E-state index in [-0.39, 0.29) is 11.8 Å². The van der Waals surface area contributed by atoms with Crippen LogP contribution in [0.4, 0.5) is 0 Å². The van der Waals surface area contributed by atoms with Crippen molar-refractivity contribution < 1.29 is 9.59 Å². The Hall–Kier alpha value is -1.84. The molecule has 4 heteroatoms. The number of amides is 2. The van der Waals surface area contributed by atoms with Crippen molar-refractivity contribution in [2.24, 2.45) is 11.7 Å². The van der Waals surface area contributed by atoms with Crippen LogP contribution in [0, 0.1) is 5.92 Å². The van der Waals surface area contributed by atoms with Crippen molar-refractivity contribution in [3.8, 4) is 0 Å². The highest BCUT2D eigenvalue weighted by molar-refractivity contribution is 5.87. The van der Waals surface area contributed by atoms with Gasteiger partial charge in [0.15, 0.2) is 0 Å². The van der Waals surface area contributed by atoms with E-state index in [1.807, 2.05) is 30.3 Å². The molecule has 1 aromatic rings. The van der Waals surface area contributed by atoms with Crippen molar-refractivity contribution in [3.63, 3.8) is 0 Å². The fraction of sp³-hybridized carbons (Fsp3) is 0.467. The molecule has 0 unspecified atom stereocenters. The first-order valence-corrected chi connectivity index (χ1v) is 6.64. The third-order valence-electron chi connectivity index (χ3n) is 2.99. The normalized spacial score (nSPS) is 12.2. The molecule has 19 heavy (non-hydrogen) atoms. The molecule has 0 saturated heterocycles. The van der Waals surface area contributed by atoms with E-state index in [4.69, 9.17) is 5.73 Å². The maximum Gasteiger partial charge on any atom is 0.239 e. The molecular weight excluding hydrogens is 240 g/mol. The Balaban J connectivity index is 2.42. The van der Waals surface area contributed by atoms with Crippen molar-refractivity contribution in [1.29, 1.82) is 0 Å². The maximum atomic E-state index is 11.6. The highest BCUT2D eigenvalue weighted by Crippen LogP contribution is 2.07. The van der Waals surface area contributed by atoms with Crippen LogP contribution >= 0.6 is 0 Å². The number of nitrogens with two attached hydrogens (primary N) is 1. The molecule has 4 nitrogen and oxygen atoms in total. The van der Waals surface area contributed by atoms with Crippen molar-refractivity contribution in [1.82, 2.24) is 5.32 Å². The van der Waals surface area contributed by atoms with Gasteiger partial charge in [-0.2, -0.15) is 0 Å². The van der Waals surface area contributed by atoms with Crippen LogP contribution in [0.2, 0.25) is 0 Å². The summed E-state index contributed by atoms with van der Waals surface area (Å²) in [5.74, 6) is -0.749. The number of carbonyl (C=O) groups is 2. The Morgan fingerprint density at radius 2 is 1.84 bits per heavy atom. The van der Waals surface area contributed by atoms with E-state index in [0.717, 1.165) is 12.8 Å². The minimum atomic E-state index is -0.571. The van der Waals surface area contributed by atoms with Crippen molar-refractivity contribution in [3.05, 3.63) is 35.9 Å². The van der Waals surface area contributed by atoms with Crippen molar-refractivity contribution in [2.45, 2.75) is 39.2 Å². The summed E-state index contributed by atoms with van der Waals surface area (Å²) >= 11 is 0. The molecule has 0 aliphatic heterocycles. The van der Waals surface area contributed by atoms with E-state index in [9.17, 15) is 9.59 Å². The third-order valence-corrected chi connectivity index (χ3v) is 2.99. The zero-order valence-electron chi connectivity index (χ0n) is 11.6. The Morgan fingerprint density at radius 1 is 1.21 bits per heavy atom. The van der Waals surface area contributed by atoms with Crippen LogP contribution in [0.5, 0.6) is 0 Å². The van der Waals surface area contributed by atoms with Crippen LogP contribution in [0.15, 0.2) is 30.3 Å². The number of nitrogens with one attached hydrogen (secondary N) is 1. The number of hydrogen-bond donors (Lipinski definition) is 2. The molecule has 0 saturated carbocycles. The van der Waals surface area contributed by atoms with E-state index in [2.05, 4.69) is 5.32 Å². The van der Waals surface area contributed by atoms with Gasteiger partial charge in [-0.05, 0) is 24.8 Å². The Kier molecular flexibility index (Phi) is 6.06. The summed E-state index contributed by atoms with van der Waals surface area (Å²) in [5, 5.41) is 2.69. The van der Waals surface area contributed by atoms with Crippen LogP contribution in [-0.2, 0) is 16.0 Å². The lowest BCUT2D eigenvalue weighted by molar-refractivity contribution is -0.129. The summed E-state index contributed by atoms with van der Waals surface area (Å²) in [7, 11) is 0. The van der Waals surface area contributed by atoms with Gasteiger partial charge in [0, 0.05) is 5.92 Å². The lowest BCUT2D eigenvalue weighted by atomic mass is 10.0. The molecule has 0 bridgehead atoms. The molecule has 2 amide bonds. The molecule has 104 valence electrons. The molecule has 0 radical (unpaired) electrons. The topological polar surface area (TPSA) is 72.2 Å². The zero-order chi connectivity index (χ0) is 14.3. The zero-order valence-corrected chi connectivity index (χ0v) is 11.6. The first-order chi connectivity index (χ1) is 9.00. The Bertz CT molecular complexity index is 415. The molecule has 1 rings (SSSR count). The van der Waals surface area contributed by atoms with Crippen LogP contribution < -0.4 is 11.1 Å². The van der Waals surface area contributed by atoms with Crippen LogP contribution in [-0.4, -0.2) is 17.9 Å². The van der Waals surface area contributed by atoms with Crippen LogP contribution in [0.3, 0.4) is 0 Å². The smallest absolute Gasteiger partial charge is 0.239 e. The van der Waals surface area contributed by atoms with E-state index < -0.39 is 11.9 Å². The summed E-state index contributed by atoms with van der Waals surface area (Å²) < 4.78 is 0. The predicted octanol–water partition coefficient (Wildman–Crippen LogP) is 1.64. The molecule has 0 heterocycles. The van der Waals surface area contributed by atoms with Gasteiger partial charge in [-0.3, -0.25) is 9.59 Å². The molecule has 0 aliphatic rings. The predicted molar refractivity (Wildman–Crippen MR) is 75.3 cm³/mol. The van der Waals surface area contributed by atoms with Crippen LogP contribution in [0.1, 0.15) is 32.3 Å². The highest BCUT2D eigenvalue weighted by Gasteiger charge is 2.18. The van der Waals surface area contributed by atoms with Gasteiger partial charge in [0.05, 0.1) is 0 Å². The van der Waals surface area contributed by atoms with Crippen molar-refractivity contribution in [2.75, 3.05) is 0 Å². The summed E-state index contributed by atoms with van der Waals surface area (Å²) in [5.41, 5.74) is 6.53. The van der Waals surface area contributed by atoms with E-state index in [1.54, 1.807) is 13.8 Å². The molecule has 0 aromatic heterocycles. The van der Waals surface area contributed by atoms with E-state index in [0.29, 0.717) is 6.42 Å². The second kappa shape index (κ2) is 7.56. The molecule has 1 atom stereocenters. The van der Waals surface area contributed by atoms with Gasteiger partial charge >= 0.3 is 0 Å². The minimum absolute atomic E-state index is 0.136. The molecule has 3 N–H and O–H groups in total. The minimum Gasteiger partial charge on any atom is -0.368 e. The second-order valence-corrected chi connectivity index (χ2v) is 5.00. The number of hydrogen-bond acceptors (Lipinski definition) is 2. The molecule has 0 fully saturated rings. The van der Waals surface area contributed by atoms with Gasteiger partial charge in [-0.1, -0.05) is 44.2 Å². The summed E-state index contributed by atoms with van der Waals surface area (Å²) in [6.45, 7) is 3.58. The van der Waals surface area contributed by atoms with E-state index >= 15 is 0 Å². The Labute approximate surface area is 114 Å². The second-order valence-electron chi connectivity index (χ2n) is 5.00. The lowest BCUT2D eigenvalue weighted by Gasteiger charge is -2.16. The monoisotopic (exact) mass is 262 g/mol. The molecule has 1 aromatic carbocycles. The number of rotatable bonds is 7. The fourth-order valence-corrected chi connectivity index (χ4v) is 1.78. The highest BCUT2D eigenvalue weighted by atomic mass is 16.2. The average molecular weight is 262 g/mol. The Morgan fingerprint density at radius 3 is 2.37 bits per heavy atom. The lowest BCUT2D eigenvalue weighted by Crippen LogP contribution is -2.45. The number of aryl methyl sites for hydroxylation is 1. The first kappa shape index (κ1) is 15.2. The fourth-order valence-electron chi connectivity index (χ4n) is 1.78. The number of benzene rings is 1. The summed E-state index contributed by atoms with van der Waals surface area (Å²) in [6.07, 6.45) is 2.26. The van der Waals surface area contributed by atoms with Gasteiger partial charge in [0.25, 0.3) is 0 Å². The van der Waals surface area contributed by atoms with E-state index in [1.165, 1.54) is 5.56 Å². The number of primary amides is 1.